The summed E-state index contributed by atoms with van der Waals surface area (Å²) in [5.74, 6) is 0. The van der Waals surface area contributed by atoms with Crippen LogP contribution in [0.25, 0.3) is 0 Å². The predicted molar refractivity (Wildman–Crippen MR) is 62.8 cm³/mol. The molecule has 0 aliphatic heterocycles. The molecule has 0 aliphatic carbocycles. The molecular formula is C9H8N2S3. The molecule has 0 saturated heterocycles. The van der Waals surface area contributed by atoms with Crippen molar-refractivity contribution in [3.05, 3.63) is 35.3 Å². The standard InChI is InChI=1S/C9H8N2S3/c1-7-4-2-3-5-8(7)13-14-9-11-10-6-12-9/h2-6H,1H3. The second kappa shape index (κ2) is 4.82. The molecule has 0 aliphatic rings. The molecule has 2 aromatic rings. The zero-order chi connectivity index (χ0) is 9.80. The van der Waals surface area contributed by atoms with Crippen molar-refractivity contribution in [3.63, 3.8) is 0 Å². The summed E-state index contributed by atoms with van der Waals surface area (Å²) in [6.07, 6.45) is 0. The molecule has 0 radical (unpaired) electrons. The van der Waals surface area contributed by atoms with E-state index < -0.39 is 0 Å². The third kappa shape index (κ3) is 2.50. The van der Waals surface area contributed by atoms with Crippen LogP contribution < -0.4 is 0 Å². The fourth-order valence-electron chi connectivity index (χ4n) is 0.930. The maximum atomic E-state index is 3.97. The van der Waals surface area contributed by atoms with Gasteiger partial charge < -0.3 is 0 Å². The van der Waals surface area contributed by atoms with Crippen molar-refractivity contribution in [1.82, 2.24) is 10.2 Å². The first kappa shape index (κ1) is 10.0. The molecular weight excluding hydrogens is 232 g/mol. The lowest BCUT2D eigenvalue weighted by atomic mass is 10.2. The highest BCUT2D eigenvalue weighted by Crippen LogP contribution is 2.38. The minimum Gasteiger partial charge on any atom is -0.146 e. The molecule has 1 heterocycles. The number of aromatic nitrogens is 2. The predicted octanol–water partition coefficient (Wildman–Crippen LogP) is 3.65. The third-order valence-electron chi connectivity index (χ3n) is 1.64. The number of aryl methyl sites for hydroxylation is 1. The van der Waals surface area contributed by atoms with Crippen molar-refractivity contribution in [2.75, 3.05) is 0 Å². The zero-order valence-electron chi connectivity index (χ0n) is 7.51. The summed E-state index contributed by atoms with van der Waals surface area (Å²) in [7, 11) is 3.39. The molecule has 0 bridgehead atoms. The first-order valence-corrected chi connectivity index (χ1v) is 7.05. The summed E-state index contributed by atoms with van der Waals surface area (Å²) >= 11 is 1.57. The van der Waals surface area contributed by atoms with Crippen molar-refractivity contribution in [2.45, 2.75) is 16.2 Å². The average Bonchev–Trinajstić information content (AvgIpc) is 2.69. The fraction of sp³-hybridized carbons (Fsp3) is 0.111. The molecule has 0 N–H and O–H groups in total. The van der Waals surface area contributed by atoms with E-state index in [2.05, 4.69) is 41.4 Å². The molecule has 14 heavy (non-hydrogen) atoms. The zero-order valence-corrected chi connectivity index (χ0v) is 9.96. The fourth-order valence-corrected chi connectivity index (χ4v) is 3.87. The Hall–Kier alpha value is -0.520. The van der Waals surface area contributed by atoms with E-state index in [0.717, 1.165) is 4.34 Å². The van der Waals surface area contributed by atoms with Gasteiger partial charge in [0, 0.05) is 4.90 Å². The van der Waals surface area contributed by atoms with Crippen molar-refractivity contribution in [2.24, 2.45) is 0 Å². The van der Waals surface area contributed by atoms with Gasteiger partial charge in [0.25, 0.3) is 0 Å². The van der Waals surface area contributed by atoms with Gasteiger partial charge in [0.05, 0.1) is 0 Å². The average molecular weight is 240 g/mol. The molecule has 2 rings (SSSR count). The number of nitrogens with zero attached hydrogens (tertiary/aromatic N) is 2. The van der Waals surface area contributed by atoms with Crippen LogP contribution in [0.4, 0.5) is 0 Å². The van der Waals surface area contributed by atoms with E-state index >= 15 is 0 Å². The van der Waals surface area contributed by atoms with Crippen LogP contribution in [0.5, 0.6) is 0 Å². The highest BCUT2D eigenvalue weighted by atomic mass is 33.1. The van der Waals surface area contributed by atoms with Crippen LogP contribution in [0, 0.1) is 6.92 Å². The summed E-state index contributed by atoms with van der Waals surface area (Å²) in [6.45, 7) is 2.11. The number of hydrogen-bond acceptors (Lipinski definition) is 5. The molecule has 1 aromatic carbocycles. The molecule has 5 heteroatoms. The van der Waals surface area contributed by atoms with Crippen LogP contribution in [0.1, 0.15) is 5.56 Å². The Morgan fingerprint density at radius 2 is 2.07 bits per heavy atom. The monoisotopic (exact) mass is 240 g/mol. The lowest BCUT2D eigenvalue weighted by Gasteiger charge is -2.01. The van der Waals surface area contributed by atoms with Crippen LogP contribution in [0.15, 0.2) is 39.0 Å². The summed E-state index contributed by atoms with van der Waals surface area (Å²) < 4.78 is 0.998. The van der Waals surface area contributed by atoms with E-state index in [4.69, 9.17) is 0 Å². The van der Waals surface area contributed by atoms with Crippen molar-refractivity contribution in [3.8, 4) is 0 Å². The van der Waals surface area contributed by atoms with Crippen LogP contribution in [-0.4, -0.2) is 10.2 Å². The van der Waals surface area contributed by atoms with E-state index in [1.54, 1.807) is 38.4 Å². The minimum absolute atomic E-state index is 0.998. The Morgan fingerprint density at radius 1 is 1.21 bits per heavy atom. The van der Waals surface area contributed by atoms with Gasteiger partial charge >= 0.3 is 0 Å². The maximum absolute atomic E-state index is 3.97. The Kier molecular flexibility index (Phi) is 3.44. The minimum atomic E-state index is 0.998. The van der Waals surface area contributed by atoms with Gasteiger partial charge in [-0.15, -0.1) is 10.2 Å². The van der Waals surface area contributed by atoms with Gasteiger partial charge in [0.1, 0.15) is 5.51 Å². The molecule has 0 fully saturated rings. The number of benzene rings is 1. The molecule has 0 amide bonds. The van der Waals surface area contributed by atoms with E-state index in [9.17, 15) is 0 Å². The largest absolute Gasteiger partial charge is 0.184 e. The van der Waals surface area contributed by atoms with Gasteiger partial charge in [-0.1, -0.05) is 29.5 Å². The van der Waals surface area contributed by atoms with Crippen molar-refractivity contribution >= 4 is 32.9 Å². The maximum Gasteiger partial charge on any atom is 0.184 e. The molecule has 2 nitrogen and oxygen atoms in total. The highest BCUT2D eigenvalue weighted by Gasteiger charge is 2.01. The SMILES string of the molecule is Cc1ccccc1SSc1nncs1. The van der Waals surface area contributed by atoms with E-state index in [0.29, 0.717) is 0 Å². The molecule has 0 unspecified atom stereocenters. The van der Waals surface area contributed by atoms with Gasteiger partial charge in [0.2, 0.25) is 0 Å². The third-order valence-corrected chi connectivity index (χ3v) is 5.18. The van der Waals surface area contributed by atoms with Crippen LogP contribution in [0.3, 0.4) is 0 Å². The van der Waals surface area contributed by atoms with Gasteiger partial charge in [-0.25, -0.2) is 0 Å². The van der Waals surface area contributed by atoms with Gasteiger partial charge in [0.15, 0.2) is 4.34 Å². The van der Waals surface area contributed by atoms with Crippen LogP contribution >= 0.6 is 32.9 Å². The quantitative estimate of drug-likeness (QED) is 0.765. The molecule has 0 spiro atoms. The van der Waals surface area contributed by atoms with Gasteiger partial charge in [-0.2, -0.15) is 0 Å². The normalized spacial score (nSPS) is 10.4. The van der Waals surface area contributed by atoms with Crippen molar-refractivity contribution in [1.29, 1.82) is 0 Å². The smallest absolute Gasteiger partial charge is 0.146 e. The lowest BCUT2D eigenvalue weighted by molar-refractivity contribution is 1.01. The molecule has 0 atom stereocenters. The second-order valence-corrected chi connectivity index (χ2v) is 5.89. The second-order valence-electron chi connectivity index (χ2n) is 2.64. The Labute approximate surface area is 94.5 Å². The van der Waals surface area contributed by atoms with E-state index in [-0.39, 0.29) is 0 Å². The van der Waals surface area contributed by atoms with Crippen LogP contribution in [-0.2, 0) is 0 Å². The van der Waals surface area contributed by atoms with E-state index in [1.165, 1.54) is 10.5 Å². The summed E-state index contributed by atoms with van der Waals surface area (Å²) in [5.41, 5.74) is 3.05. The number of rotatable bonds is 3. The lowest BCUT2D eigenvalue weighted by Crippen LogP contribution is -1.75. The van der Waals surface area contributed by atoms with Gasteiger partial charge in [-0.3, -0.25) is 0 Å². The Bertz CT molecular complexity index is 400. The molecule has 72 valence electrons. The summed E-state index contributed by atoms with van der Waals surface area (Å²) in [4.78, 5) is 1.28. The Morgan fingerprint density at radius 3 is 2.79 bits per heavy atom. The Balaban J connectivity index is 2.02. The first-order chi connectivity index (χ1) is 6.86. The highest BCUT2D eigenvalue weighted by molar-refractivity contribution is 8.77. The summed E-state index contributed by atoms with van der Waals surface area (Å²) in [5, 5.41) is 7.76. The van der Waals surface area contributed by atoms with Crippen LogP contribution in [0.2, 0.25) is 0 Å². The number of hydrogen-bond donors (Lipinski definition) is 0. The topological polar surface area (TPSA) is 25.8 Å². The van der Waals surface area contributed by atoms with E-state index in [1.807, 2.05) is 0 Å². The van der Waals surface area contributed by atoms with Gasteiger partial charge in [-0.05, 0) is 40.1 Å². The van der Waals surface area contributed by atoms with Crippen molar-refractivity contribution < 1.29 is 0 Å². The molecule has 0 saturated carbocycles. The summed E-state index contributed by atoms with van der Waals surface area (Å²) in [6, 6.07) is 8.34. The first-order valence-electron chi connectivity index (χ1n) is 4.02. The molecule has 1 aromatic heterocycles.